The molecule has 3 nitrogen and oxygen atoms in total. The van der Waals surface area contributed by atoms with Crippen LogP contribution in [-0.2, 0) is 4.74 Å². The topological polar surface area (TPSA) is 52.3 Å². The molecule has 0 amide bonds. The molecule has 0 bridgehead atoms. The molecule has 0 unspecified atom stereocenters. The van der Waals surface area contributed by atoms with Crippen LogP contribution in [0, 0.1) is 5.92 Å². The molecule has 2 rings (SSSR count). The van der Waals surface area contributed by atoms with Gasteiger partial charge in [0.2, 0.25) is 0 Å². The van der Waals surface area contributed by atoms with Gasteiger partial charge < -0.3 is 10.5 Å². The predicted molar refractivity (Wildman–Crippen MR) is 73.1 cm³/mol. The van der Waals surface area contributed by atoms with Gasteiger partial charge in [-0.3, -0.25) is 0 Å². The molecule has 1 fully saturated rings. The normalized spacial score (nSPS) is 15.2. The smallest absolute Gasteiger partial charge is 0.341 e. The highest BCUT2D eigenvalue weighted by Crippen LogP contribution is 2.31. The molecule has 98 valence electrons. The first-order chi connectivity index (χ1) is 8.59. The van der Waals surface area contributed by atoms with Gasteiger partial charge in [-0.2, -0.15) is 0 Å². The number of ether oxygens (including phenoxy) is 1. The molecule has 0 spiro atoms. The number of nitrogens with two attached hydrogens (primary N) is 1. The number of anilines is 1. The molecule has 1 saturated carbocycles. The van der Waals surface area contributed by atoms with Gasteiger partial charge in [0.25, 0.3) is 0 Å². The Labute approximate surface area is 116 Å². The summed E-state index contributed by atoms with van der Waals surface area (Å²) in [6.45, 7) is 0.409. The second kappa shape index (κ2) is 5.81. The Morgan fingerprint density at radius 2 is 2.00 bits per heavy atom. The van der Waals surface area contributed by atoms with Crippen molar-refractivity contribution in [3.05, 3.63) is 27.7 Å². The van der Waals surface area contributed by atoms with Gasteiger partial charge in [-0.1, -0.05) is 42.5 Å². The van der Waals surface area contributed by atoms with E-state index in [0.29, 0.717) is 17.5 Å². The van der Waals surface area contributed by atoms with Crippen LogP contribution >= 0.6 is 23.2 Å². The van der Waals surface area contributed by atoms with Crippen molar-refractivity contribution in [2.75, 3.05) is 12.3 Å². The van der Waals surface area contributed by atoms with E-state index in [1.165, 1.54) is 19.3 Å². The van der Waals surface area contributed by atoms with E-state index >= 15 is 0 Å². The van der Waals surface area contributed by atoms with Gasteiger partial charge in [0.05, 0.1) is 22.3 Å². The van der Waals surface area contributed by atoms with E-state index < -0.39 is 5.97 Å². The van der Waals surface area contributed by atoms with E-state index in [1.54, 1.807) is 12.1 Å². The number of nitrogen functional groups attached to an aromatic ring is 1. The van der Waals surface area contributed by atoms with Gasteiger partial charge in [0.1, 0.15) is 5.56 Å². The molecule has 1 aromatic rings. The summed E-state index contributed by atoms with van der Waals surface area (Å²) in [4.78, 5) is 11.9. The standard InChI is InChI=1S/C13H15Cl2NO2/c14-9-4-5-10(15)12(16)11(9)13(17)18-7-6-8-2-1-3-8/h4-5,8H,1-3,6-7,16H2. The zero-order valence-electron chi connectivity index (χ0n) is 9.92. The molecule has 18 heavy (non-hydrogen) atoms. The SMILES string of the molecule is Nc1c(Cl)ccc(Cl)c1C(=O)OCCC1CCC1. The van der Waals surface area contributed by atoms with Gasteiger partial charge in [-0.15, -0.1) is 0 Å². The number of halogens is 2. The molecular formula is C13H15Cl2NO2. The fourth-order valence-corrected chi connectivity index (χ4v) is 2.35. The van der Waals surface area contributed by atoms with E-state index in [2.05, 4.69) is 0 Å². The minimum Gasteiger partial charge on any atom is -0.462 e. The molecule has 0 saturated heterocycles. The maximum atomic E-state index is 11.9. The first-order valence-corrected chi connectivity index (χ1v) is 6.75. The minimum absolute atomic E-state index is 0.165. The summed E-state index contributed by atoms with van der Waals surface area (Å²) in [5.74, 6) is 0.198. The lowest BCUT2D eigenvalue weighted by atomic mass is 9.83. The molecule has 1 aliphatic carbocycles. The molecule has 0 heterocycles. The highest BCUT2D eigenvalue weighted by molar-refractivity contribution is 6.38. The van der Waals surface area contributed by atoms with Crippen molar-refractivity contribution >= 4 is 34.9 Å². The highest BCUT2D eigenvalue weighted by atomic mass is 35.5. The molecule has 2 N–H and O–H groups in total. The molecule has 0 atom stereocenters. The van der Waals surface area contributed by atoms with Crippen LogP contribution in [0.15, 0.2) is 12.1 Å². The second-order valence-corrected chi connectivity index (χ2v) is 5.35. The quantitative estimate of drug-likeness (QED) is 0.674. The fourth-order valence-electron chi connectivity index (χ4n) is 1.95. The number of benzene rings is 1. The van der Waals surface area contributed by atoms with Gasteiger partial charge in [0, 0.05) is 0 Å². The first-order valence-electron chi connectivity index (χ1n) is 6.00. The van der Waals surface area contributed by atoms with Crippen LogP contribution in [0.4, 0.5) is 5.69 Å². The Kier molecular flexibility index (Phi) is 4.36. The average Bonchev–Trinajstić information content (AvgIpc) is 2.27. The molecule has 5 heteroatoms. The van der Waals surface area contributed by atoms with Crippen molar-refractivity contribution in [1.82, 2.24) is 0 Å². The average molecular weight is 288 g/mol. The number of esters is 1. The van der Waals surface area contributed by atoms with E-state index in [4.69, 9.17) is 33.7 Å². The number of carbonyl (C=O) groups excluding carboxylic acids is 1. The Hall–Kier alpha value is -0.930. The van der Waals surface area contributed by atoms with Crippen LogP contribution in [0.1, 0.15) is 36.0 Å². The van der Waals surface area contributed by atoms with Crippen LogP contribution in [-0.4, -0.2) is 12.6 Å². The molecule has 1 aromatic carbocycles. The van der Waals surface area contributed by atoms with E-state index in [1.807, 2.05) is 0 Å². The van der Waals surface area contributed by atoms with Gasteiger partial charge in [-0.25, -0.2) is 4.79 Å². The molecular weight excluding hydrogens is 273 g/mol. The van der Waals surface area contributed by atoms with Crippen molar-refractivity contribution in [1.29, 1.82) is 0 Å². The predicted octanol–water partition coefficient (Wildman–Crippen LogP) is 3.92. The van der Waals surface area contributed by atoms with Crippen LogP contribution in [0.25, 0.3) is 0 Å². The monoisotopic (exact) mass is 287 g/mol. The third-order valence-electron chi connectivity index (χ3n) is 3.33. The maximum absolute atomic E-state index is 11.9. The lowest BCUT2D eigenvalue weighted by Crippen LogP contribution is -2.16. The summed E-state index contributed by atoms with van der Waals surface area (Å²) in [6, 6.07) is 3.10. The zero-order chi connectivity index (χ0) is 13.1. The maximum Gasteiger partial charge on any atom is 0.341 e. The zero-order valence-corrected chi connectivity index (χ0v) is 11.4. The minimum atomic E-state index is -0.501. The summed E-state index contributed by atoms with van der Waals surface area (Å²) in [7, 11) is 0. The van der Waals surface area contributed by atoms with Crippen LogP contribution in [0.5, 0.6) is 0 Å². The molecule has 0 aromatic heterocycles. The third kappa shape index (κ3) is 2.90. The second-order valence-electron chi connectivity index (χ2n) is 4.54. The Bertz CT molecular complexity index is 459. The molecule has 1 aliphatic rings. The summed E-state index contributed by atoms with van der Waals surface area (Å²) < 4.78 is 5.19. The summed E-state index contributed by atoms with van der Waals surface area (Å²) in [5, 5.41) is 0.580. The lowest BCUT2D eigenvalue weighted by Gasteiger charge is -2.24. The summed E-state index contributed by atoms with van der Waals surface area (Å²) in [6.07, 6.45) is 4.66. The largest absolute Gasteiger partial charge is 0.462 e. The Morgan fingerprint density at radius 1 is 1.33 bits per heavy atom. The van der Waals surface area contributed by atoms with Crippen LogP contribution in [0.2, 0.25) is 10.0 Å². The fraction of sp³-hybridized carbons (Fsp3) is 0.462. The van der Waals surface area contributed by atoms with Crippen molar-refractivity contribution in [2.24, 2.45) is 5.92 Å². The van der Waals surface area contributed by atoms with Crippen molar-refractivity contribution in [3.63, 3.8) is 0 Å². The van der Waals surface area contributed by atoms with Gasteiger partial charge >= 0.3 is 5.97 Å². The number of hydrogen-bond donors (Lipinski definition) is 1. The Morgan fingerprint density at radius 3 is 2.61 bits per heavy atom. The van der Waals surface area contributed by atoms with Crippen LogP contribution < -0.4 is 5.73 Å². The van der Waals surface area contributed by atoms with Crippen LogP contribution in [0.3, 0.4) is 0 Å². The van der Waals surface area contributed by atoms with E-state index in [9.17, 15) is 4.79 Å². The Balaban J connectivity index is 1.97. The lowest BCUT2D eigenvalue weighted by molar-refractivity contribution is 0.0466. The number of rotatable bonds is 4. The summed E-state index contributed by atoms with van der Waals surface area (Å²) >= 11 is 11.8. The van der Waals surface area contributed by atoms with Gasteiger partial charge in [-0.05, 0) is 24.5 Å². The number of carbonyl (C=O) groups is 1. The number of hydrogen-bond acceptors (Lipinski definition) is 3. The van der Waals surface area contributed by atoms with Gasteiger partial charge in [0.15, 0.2) is 0 Å². The third-order valence-corrected chi connectivity index (χ3v) is 3.97. The van der Waals surface area contributed by atoms with Crippen molar-refractivity contribution < 1.29 is 9.53 Å². The van der Waals surface area contributed by atoms with E-state index in [0.717, 1.165) is 6.42 Å². The van der Waals surface area contributed by atoms with E-state index in [-0.39, 0.29) is 16.3 Å². The molecule has 0 aliphatic heterocycles. The molecule has 0 radical (unpaired) electrons. The van der Waals surface area contributed by atoms with Crippen molar-refractivity contribution in [2.45, 2.75) is 25.7 Å². The summed E-state index contributed by atoms with van der Waals surface area (Å²) in [5.41, 5.74) is 6.08. The van der Waals surface area contributed by atoms with Crippen molar-refractivity contribution in [3.8, 4) is 0 Å². The highest BCUT2D eigenvalue weighted by Gasteiger charge is 2.20. The first kappa shape index (κ1) is 13.5.